The zero-order valence-corrected chi connectivity index (χ0v) is 17.9. The van der Waals surface area contributed by atoms with E-state index < -0.39 is 5.97 Å². The number of carbonyl (C=O) groups excluding carboxylic acids is 1. The lowest BCUT2D eigenvalue weighted by atomic mass is 10.2. The Morgan fingerprint density at radius 2 is 1.58 bits per heavy atom. The molecule has 0 saturated carbocycles. The van der Waals surface area contributed by atoms with E-state index in [1.54, 1.807) is 48.5 Å². The minimum absolute atomic E-state index is 0.00325. The maximum absolute atomic E-state index is 12.3. The molecular formula is C25H18Cl2O4. The summed E-state index contributed by atoms with van der Waals surface area (Å²) in [6.45, 7) is 0.464. The van der Waals surface area contributed by atoms with Crippen molar-refractivity contribution in [2.75, 3.05) is 0 Å². The Morgan fingerprint density at radius 1 is 0.806 bits per heavy atom. The van der Waals surface area contributed by atoms with Gasteiger partial charge < -0.3 is 13.9 Å². The molecule has 0 spiro atoms. The van der Waals surface area contributed by atoms with Crippen LogP contribution in [0, 0.1) is 0 Å². The number of carbonyl (C=O) groups is 1. The highest BCUT2D eigenvalue weighted by Crippen LogP contribution is 2.34. The molecule has 0 saturated heterocycles. The number of rotatable bonds is 7. The summed E-state index contributed by atoms with van der Waals surface area (Å²) in [4.78, 5) is 12.3. The van der Waals surface area contributed by atoms with Crippen molar-refractivity contribution in [3.05, 3.63) is 112 Å². The molecule has 0 atom stereocenters. The molecule has 0 N–H and O–H groups in total. The van der Waals surface area contributed by atoms with Crippen LogP contribution in [0.5, 0.6) is 5.75 Å². The summed E-state index contributed by atoms with van der Waals surface area (Å²) in [7, 11) is 0. The van der Waals surface area contributed by atoms with E-state index in [4.69, 9.17) is 37.1 Å². The van der Waals surface area contributed by atoms with Gasteiger partial charge >= 0.3 is 5.97 Å². The molecule has 0 radical (unpaired) electrons. The molecule has 6 heteroatoms. The van der Waals surface area contributed by atoms with Gasteiger partial charge in [0, 0.05) is 5.56 Å². The highest BCUT2D eigenvalue weighted by molar-refractivity contribution is 6.43. The molecule has 0 amide bonds. The van der Waals surface area contributed by atoms with Crippen molar-refractivity contribution in [2.24, 2.45) is 0 Å². The van der Waals surface area contributed by atoms with E-state index in [1.165, 1.54) is 0 Å². The fourth-order valence-electron chi connectivity index (χ4n) is 2.94. The van der Waals surface area contributed by atoms with E-state index in [0.717, 1.165) is 5.56 Å². The lowest BCUT2D eigenvalue weighted by Crippen LogP contribution is -2.05. The van der Waals surface area contributed by atoms with Crippen LogP contribution in [0.4, 0.5) is 0 Å². The van der Waals surface area contributed by atoms with Gasteiger partial charge in [0.1, 0.15) is 30.5 Å². The summed E-state index contributed by atoms with van der Waals surface area (Å²) in [5, 5.41) is 0.858. The summed E-state index contributed by atoms with van der Waals surface area (Å²) in [5.74, 6) is 1.28. The third-order valence-electron chi connectivity index (χ3n) is 4.56. The van der Waals surface area contributed by atoms with E-state index in [0.29, 0.717) is 45.0 Å². The van der Waals surface area contributed by atoms with Gasteiger partial charge in [0.05, 0.1) is 15.6 Å². The average molecular weight is 453 g/mol. The van der Waals surface area contributed by atoms with Gasteiger partial charge in [0.25, 0.3) is 0 Å². The van der Waals surface area contributed by atoms with E-state index in [-0.39, 0.29) is 6.61 Å². The third kappa shape index (κ3) is 5.29. The number of hydrogen-bond donors (Lipinski definition) is 0. The van der Waals surface area contributed by atoms with Crippen LogP contribution in [0.2, 0.25) is 10.0 Å². The van der Waals surface area contributed by atoms with Crippen LogP contribution in [0.3, 0.4) is 0 Å². The van der Waals surface area contributed by atoms with Crippen molar-refractivity contribution in [2.45, 2.75) is 13.2 Å². The van der Waals surface area contributed by atoms with Crippen LogP contribution in [-0.4, -0.2) is 5.97 Å². The van der Waals surface area contributed by atoms with Gasteiger partial charge in [-0.1, -0.05) is 59.6 Å². The standard InChI is InChI=1S/C25H18Cl2O4/c26-22-8-4-7-21(24(22)27)23-14-13-20(31-23)16-30-25(28)18-9-11-19(12-10-18)29-15-17-5-2-1-3-6-17/h1-14H,15-16H2. The first-order valence-electron chi connectivity index (χ1n) is 9.57. The van der Waals surface area contributed by atoms with Crippen LogP contribution in [0.15, 0.2) is 89.3 Å². The molecule has 3 aromatic carbocycles. The van der Waals surface area contributed by atoms with Crippen LogP contribution >= 0.6 is 23.2 Å². The first-order valence-corrected chi connectivity index (χ1v) is 10.3. The number of furan rings is 1. The fourth-order valence-corrected chi connectivity index (χ4v) is 3.34. The van der Waals surface area contributed by atoms with Gasteiger partial charge in [-0.2, -0.15) is 0 Å². The first-order chi connectivity index (χ1) is 15.1. The first kappa shape index (κ1) is 21.0. The predicted octanol–water partition coefficient (Wildman–Crippen LogP) is 7.19. The maximum atomic E-state index is 12.3. The highest BCUT2D eigenvalue weighted by Gasteiger charge is 2.13. The van der Waals surface area contributed by atoms with E-state index in [2.05, 4.69) is 0 Å². The van der Waals surface area contributed by atoms with Crippen molar-refractivity contribution in [3.8, 4) is 17.1 Å². The summed E-state index contributed by atoms with van der Waals surface area (Å²) < 4.78 is 16.8. The highest BCUT2D eigenvalue weighted by atomic mass is 35.5. The number of benzene rings is 3. The molecule has 1 aromatic heterocycles. The van der Waals surface area contributed by atoms with Crippen LogP contribution < -0.4 is 4.74 Å². The molecular weight excluding hydrogens is 435 g/mol. The molecule has 4 aromatic rings. The van der Waals surface area contributed by atoms with E-state index >= 15 is 0 Å². The second kappa shape index (κ2) is 9.73. The van der Waals surface area contributed by atoms with Gasteiger partial charge in [-0.25, -0.2) is 4.79 Å². The number of esters is 1. The van der Waals surface area contributed by atoms with Gasteiger partial charge in [-0.15, -0.1) is 0 Å². The molecule has 4 rings (SSSR count). The molecule has 0 aliphatic rings. The Balaban J connectivity index is 1.33. The second-order valence-corrected chi connectivity index (χ2v) is 7.53. The van der Waals surface area contributed by atoms with Gasteiger partial charge in [-0.05, 0) is 54.1 Å². The molecule has 0 fully saturated rings. The molecule has 0 aliphatic carbocycles. The monoisotopic (exact) mass is 452 g/mol. The smallest absolute Gasteiger partial charge is 0.338 e. The Kier molecular flexibility index (Phi) is 6.60. The predicted molar refractivity (Wildman–Crippen MR) is 120 cm³/mol. The van der Waals surface area contributed by atoms with Crippen LogP contribution in [-0.2, 0) is 18.0 Å². The normalized spacial score (nSPS) is 10.6. The molecule has 1 heterocycles. The summed E-state index contributed by atoms with van der Waals surface area (Å²) in [6, 6.07) is 25.5. The minimum atomic E-state index is -0.451. The Morgan fingerprint density at radius 3 is 2.35 bits per heavy atom. The fraction of sp³-hybridized carbons (Fsp3) is 0.0800. The van der Waals surface area contributed by atoms with Crippen molar-refractivity contribution in [1.29, 1.82) is 0 Å². The Bertz CT molecular complexity index is 1170. The van der Waals surface area contributed by atoms with Crippen molar-refractivity contribution in [3.63, 3.8) is 0 Å². The summed E-state index contributed by atoms with van der Waals surface area (Å²) in [6.07, 6.45) is 0. The quantitative estimate of drug-likeness (QED) is 0.278. The second-order valence-electron chi connectivity index (χ2n) is 6.74. The summed E-state index contributed by atoms with van der Waals surface area (Å²) in [5.41, 5.74) is 2.18. The van der Waals surface area contributed by atoms with Crippen LogP contribution in [0.25, 0.3) is 11.3 Å². The summed E-state index contributed by atoms with van der Waals surface area (Å²) >= 11 is 12.3. The Hall–Kier alpha value is -3.21. The lowest BCUT2D eigenvalue weighted by Gasteiger charge is -2.07. The minimum Gasteiger partial charge on any atom is -0.489 e. The molecule has 0 unspecified atom stereocenters. The van der Waals surface area contributed by atoms with Crippen LogP contribution in [0.1, 0.15) is 21.7 Å². The zero-order valence-electron chi connectivity index (χ0n) is 16.4. The van der Waals surface area contributed by atoms with Crippen molar-refractivity contribution >= 4 is 29.2 Å². The average Bonchev–Trinajstić information content (AvgIpc) is 3.28. The number of hydrogen-bond acceptors (Lipinski definition) is 4. The van der Waals surface area contributed by atoms with Gasteiger partial charge in [-0.3, -0.25) is 0 Å². The molecule has 156 valence electrons. The largest absolute Gasteiger partial charge is 0.489 e. The van der Waals surface area contributed by atoms with Crippen molar-refractivity contribution < 1.29 is 18.7 Å². The SMILES string of the molecule is O=C(OCc1ccc(-c2cccc(Cl)c2Cl)o1)c1ccc(OCc2ccccc2)cc1. The number of ether oxygens (including phenoxy) is 2. The number of halogens is 2. The molecule has 0 aliphatic heterocycles. The van der Waals surface area contributed by atoms with Crippen molar-refractivity contribution in [1.82, 2.24) is 0 Å². The van der Waals surface area contributed by atoms with E-state index in [9.17, 15) is 4.79 Å². The lowest BCUT2D eigenvalue weighted by molar-refractivity contribution is 0.0446. The maximum Gasteiger partial charge on any atom is 0.338 e. The topological polar surface area (TPSA) is 48.7 Å². The third-order valence-corrected chi connectivity index (χ3v) is 5.38. The Labute approximate surface area is 189 Å². The molecule has 0 bridgehead atoms. The van der Waals surface area contributed by atoms with Gasteiger partial charge in [0.15, 0.2) is 0 Å². The van der Waals surface area contributed by atoms with E-state index in [1.807, 2.05) is 36.4 Å². The molecule has 4 nitrogen and oxygen atoms in total. The van der Waals surface area contributed by atoms with Gasteiger partial charge in [0.2, 0.25) is 0 Å². The molecule has 31 heavy (non-hydrogen) atoms. The zero-order chi connectivity index (χ0) is 21.6.